The van der Waals surface area contributed by atoms with Crippen LogP contribution in [-0.4, -0.2) is 40.1 Å². The number of benzene rings is 1. The van der Waals surface area contributed by atoms with E-state index in [0.717, 1.165) is 24.4 Å². The SMILES string of the molecule is CCNCc1cccc(Cl)c1OCCOCCOC. The highest BCUT2D eigenvalue weighted by Crippen LogP contribution is 2.28. The van der Waals surface area contributed by atoms with Gasteiger partial charge in [0, 0.05) is 19.2 Å². The van der Waals surface area contributed by atoms with Gasteiger partial charge in [-0.1, -0.05) is 30.7 Å². The number of rotatable bonds is 10. The van der Waals surface area contributed by atoms with Crippen molar-refractivity contribution in [3.8, 4) is 5.75 Å². The van der Waals surface area contributed by atoms with Crippen LogP contribution in [0, 0.1) is 0 Å². The van der Waals surface area contributed by atoms with Gasteiger partial charge >= 0.3 is 0 Å². The van der Waals surface area contributed by atoms with Crippen LogP contribution in [0.5, 0.6) is 5.75 Å². The van der Waals surface area contributed by atoms with E-state index in [4.69, 9.17) is 25.8 Å². The molecular formula is C14H22ClNO3. The summed E-state index contributed by atoms with van der Waals surface area (Å²) in [6.45, 7) is 5.89. The summed E-state index contributed by atoms with van der Waals surface area (Å²) in [5.74, 6) is 0.737. The summed E-state index contributed by atoms with van der Waals surface area (Å²) in [5, 5.41) is 3.90. The topological polar surface area (TPSA) is 39.7 Å². The molecule has 1 aromatic rings. The van der Waals surface area contributed by atoms with Crippen molar-refractivity contribution in [1.29, 1.82) is 0 Å². The molecule has 0 fully saturated rings. The van der Waals surface area contributed by atoms with Crippen LogP contribution in [0.1, 0.15) is 12.5 Å². The Morgan fingerprint density at radius 1 is 1.16 bits per heavy atom. The molecule has 108 valence electrons. The normalized spacial score (nSPS) is 10.7. The molecule has 1 aromatic carbocycles. The lowest BCUT2D eigenvalue weighted by Gasteiger charge is -2.13. The lowest BCUT2D eigenvalue weighted by atomic mass is 10.2. The zero-order valence-electron chi connectivity index (χ0n) is 11.6. The highest BCUT2D eigenvalue weighted by molar-refractivity contribution is 6.32. The number of halogens is 1. The van der Waals surface area contributed by atoms with Crippen molar-refractivity contribution in [2.24, 2.45) is 0 Å². The molecule has 0 atom stereocenters. The first-order chi connectivity index (χ1) is 9.29. The molecule has 0 amide bonds. The van der Waals surface area contributed by atoms with Crippen molar-refractivity contribution in [3.05, 3.63) is 28.8 Å². The van der Waals surface area contributed by atoms with E-state index in [1.165, 1.54) is 0 Å². The Hall–Kier alpha value is -0.810. The second kappa shape index (κ2) is 10.0. The number of ether oxygens (including phenoxy) is 3. The summed E-state index contributed by atoms with van der Waals surface area (Å²) in [5.41, 5.74) is 1.06. The molecule has 0 saturated carbocycles. The number of nitrogens with one attached hydrogen (secondary N) is 1. The molecule has 0 radical (unpaired) electrons. The summed E-state index contributed by atoms with van der Waals surface area (Å²) in [4.78, 5) is 0. The third-order valence-corrected chi connectivity index (χ3v) is 2.82. The minimum absolute atomic E-state index is 0.479. The molecule has 0 saturated heterocycles. The number of hydrogen-bond donors (Lipinski definition) is 1. The van der Waals surface area contributed by atoms with E-state index in [1.54, 1.807) is 7.11 Å². The van der Waals surface area contributed by atoms with Crippen molar-refractivity contribution < 1.29 is 14.2 Å². The van der Waals surface area contributed by atoms with Crippen molar-refractivity contribution in [2.75, 3.05) is 40.1 Å². The van der Waals surface area contributed by atoms with Crippen LogP contribution >= 0.6 is 11.6 Å². The molecule has 0 aliphatic carbocycles. The lowest BCUT2D eigenvalue weighted by Crippen LogP contribution is -2.15. The Morgan fingerprint density at radius 3 is 2.68 bits per heavy atom. The smallest absolute Gasteiger partial charge is 0.142 e. The van der Waals surface area contributed by atoms with Gasteiger partial charge in [0.1, 0.15) is 12.4 Å². The summed E-state index contributed by atoms with van der Waals surface area (Å²) >= 11 is 6.16. The van der Waals surface area contributed by atoms with Crippen LogP contribution in [0.4, 0.5) is 0 Å². The molecule has 0 aromatic heterocycles. The first-order valence-electron chi connectivity index (χ1n) is 6.47. The Bertz CT molecular complexity index is 361. The van der Waals surface area contributed by atoms with Gasteiger partial charge in [-0.2, -0.15) is 0 Å². The van der Waals surface area contributed by atoms with Gasteiger partial charge in [0.25, 0.3) is 0 Å². The summed E-state index contributed by atoms with van der Waals surface area (Å²) in [6.07, 6.45) is 0. The predicted octanol–water partition coefficient (Wildman–Crippen LogP) is 2.49. The van der Waals surface area contributed by atoms with Crippen LogP contribution in [0.3, 0.4) is 0 Å². The van der Waals surface area contributed by atoms with E-state index in [-0.39, 0.29) is 0 Å². The summed E-state index contributed by atoms with van der Waals surface area (Å²) < 4.78 is 15.9. The molecule has 0 aliphatic heterocycles. The number of hydrogen-bond acceptors (Lipinski definition) is 4. The van der Waals surface area contributed by atoms with Gasteiger partial charge in [-0.3, -0.25) is 0 Å². The molecule has 0 spiro atoms. The van der Waals surface area contributed by atoms with Gasteiger partial charge in [-0.25, -0.2) is 0 Å². The maximum atomic E-state index is 6.16. The summed E-state index contributed by atoms with van der Waals surface area (Å²) in [7, 11) is 1.65. The minimum Gasteiger partial charge on any atom is -0.489 e. The van der Waals surface area contributed by atoms with E-state index in [2.05, 4.69) is 12.2 Å². The highest BCUT2D eigenvalue weighted by atomic mass is 35.5. The Morgan fingerprint density at radius 2 is 1.95 bits per heavy atom. The van der Waals surface area contributed by atoms with Crippen molar-refractivity contribution >= 4 is 11.6 Å². The number of methoxy groups -OCH3 is 1. The second-order valence-electron chi connectivity index (χ2n) is 3.96. The van der Waals surface area contributed by atoms with Crippen LogP contribution in [-0.2, 0) is 16.0 Å². The molecular weight excluding hydrogens is 266 g/mol. The quantitative estimate of drug-likeness (QED) is 0.671. The van der Waals surface area contributed by atoms with Gasteiger partial charge in [0.15, 0.2) is 0 Å². The maximum absolute atomic E-state index is 6.16. The average Bonchev–Trinajstić information content (AvgIpc) is 2.42. The van der Waals surface area contributed by atoms with Gasteiger partial charge in [-0.05, 0) is 12.6 Å². The second-order valence-corrected chi connectivity index (χ2v) is 4.37. The highest BCUT2D eigenvalue weighted by Gasteiger charge is 2.07. The molecule has 1 rings (SSSR count). The fourth-order valence-corrected chi connectivity index (χ4v) is 1.81. The molecule has 4 nitrogen and oxygen atoms in total. The Labute approximate surface area is 120 Å². The predicted molar refractivity (Wildman–Crippen MR) is 77.0 cm³/mol. The molecule has 0 unspecified atom stereocenters. The summed E-state index contributed by atoms with van der Waals surface area (Å²) in [6, 6.07) is 5.77. The Kier molecular flexibility index (Phi) is 8.58. The zero-order chi connectivity index (χ0) is 13.9. The first kappa shape index (κ1) is 16.2. The molecule has 5 heteroatoms. The largest absolute Gasteiger partial charge is 0.489 e. The van der Waals surface area contributed by atoms with Crippen LogP contribution in [0.2, 0.25) is 5.02 Å². The van der Waals surface area contributed by atoms with E-state index in [0.29, 0.717) is 31.5 Å². The van der Waals surface area contributed by atoms with Gasteiger partial charge in [0.05, 0.1) is 24.8 Å². The zero-order valence-corrected chi connectivity index (χ0v) is 12.3. The third kappa shape index (κ3) is 6.25. The molecule has 19 heavy (non-hydrogen) atoms. The third-order valence-electron chi connectivity index (χ3n) is 2.52. The molecule has 0 aliphatic rings. The lowest BCUT2D eigenvalue weighted by molar-refractivity contribution is 0.0543. The van der Waals surface area contributed by atoms with Crippen LogP contribution in [0.15, 0.2) is 18.2 Å². The number of para-hydroxylation sites is 1. The van der Waals surface area contributed by atoms with E-state index in [9.17, 15) is 0 Å². The van der Waals surface area contributed by atoms with Crippen molar-refractivity contribution in [3.63, 3.8) is 0 Å². The fourth-order valence-electron chi connectivity index (χ4n) is 1.56. The van der Waals surface area contributed by atoms with E-state index >= 15 is 0 Å². The molecule has 1 N–H and O–H groups in total. The Balaban J connectivity index is 2.42. The van der Waals surface area contributed by atoms with E-state index < -0.39 is 0 Å². The van der Waals surface area contributed by atoms with Crippen LogP contribution < -0.4 is 10.1 Å². The molecule has 0 heterocycles. The van der Waals surface area contributed by atoms with E-state index in [1.807, 2.05) is 18.2 Å². The van der Waals surface area contributed by atoms with Gasteiger partial charge < -0.3 is 19.5 Å². The minimum atomic E-state index is 0.479. The van der Waals surface area contributed by atoms with Crippen molar-refractivity contribution in [1.82, 2.24) is 5.32 Å². The van der Waals surface area contributed by atoms with Gasteiger partial charge in [-0.15, -0.1) is 0 Å². The molecule has 0 bridgehead atoms. The standard InChI is InChI=1S/C14H22ClNO3/c1-3-16-11-12-5-4-6-13(15)14(12)19-10-9-18-8-7-17-2/h4-6,16H,3,7-11H2,1-2H3. The first-order valence-corrected chi connectivity index (χ1v) is 6.85. The monoisotopic (exact) mass is 287 g/mol. The average molecular weight is 288 g/mol. The van der Waals surface area contributed by atoms with Crippen molar-refractivity contribution in [2.45, 2.75) is 13.5 Å². The maximum Gasteiger partial charge on any atom is 0.142 e. The van der Waals surface area contributed by atoms with Gasteiger partial charge in [0.2, 0.25) is 0 Å². The van der Waals surface area contributed by atoms with Crippen LogP contribution in [0.25, 0.3) is 0 Å². The fraction of sp³-hybridized carbons (Fsp3) is 0.571.